The first-order valence-corrected chi connectivity index (χ1v) is 7.56. The van der Waals surface area contributed by atoms with E-state index < -0.39 is 22.7 Å². The topological polar surface area (TPSA) is 111 Å². The molecule has 0 saturated heterocycles. The van der Waals surface area contributed by atoms with Gasteiger partial charge in [0.15, 0.2) is 11.2 Å². The molecule has 0 saturated carbocycles. The van der Waals surface area contributed by atoms with E-state index >= 15 is 0 Å². The molecular formula is C19H24O6. The van der Waals surface area contributed by atoms with Crippen molar-refractivity contribution in [3.63, 3.8) is 0 Å². The van der Waals surface area contributed by atoms with Crippen molar-refractivity contribution in [2.24, 2.45) is 0 Å². The molecule has 0 unspecified atom stereocenters. The van der Waals surface area contributed by atoms with Crippen molar-refractivity contribution in [1.82, 2.24) is 0 Å². The molecule has 0 bridgehead atoms. The van der Waals surface area contributed by atoms with Crippen LogP contribution in [0.4, 0.5) is 0 Å². The number of hydrogen-bond acceptors (Lipinski definition) is 6. The highest BCUT2D eigenvalue weighted by atomic mass is 16.3. The summed E-state index contributed by atoms with van der Waals surface area (Å²) < 4.78 is 5.39. The Kier molecular flexibility index (Phi) is 8.63. The van der Waals surface area contributed by atoms with Gasteiger partial charge >= 0.3 is 0 Å². The van der Waals surface area contributed by atoms with Crippen LogP contribution in [0.15, 0.2) is 57.4 Å². The van der Waals surface area contributed by atoms with Crippen LogP contribution in [-0.4, -0.2) is 20.4 Å². The Hall–Kier alpha value is -3.15. The first-order chi connectivity index (χ1) is 11.7. The summed E-state index contributed by atoms with van der Waals surface area (Å²) in [5.74, 6) is -1.60. The zero-order chi connectivity index (χ0) is 19.7. The van der Waals surface area contributed by atoms with E-state index in [2.05, 4.69) is 13.2 Å². The van der Waals surface area contributed by atoms with Crippen molar-refractivity contribution in [3.8, 4) is 0 Å². The Morgan fingerprint density at radius 1 is 1.16 bits per heavy atom. The van der Waals surface area contributed by atoms with Crippen LogP contribution in [-0.2, 0) is 0 Å². The molecule has 0 aliphatic rings. The highest BCUT2D eigenvalue weighted by Crippen LogP contribution is 2.15. The second-order valence-electron chi connectivity index (χ2n) is 4.66. The van der Waals surface area contributed by atoms with E-state index in [1.165, 1.54) is 19.1 Å². The molecule has 0 aliphatic carbocycles. The summed E-state index contributed by atoms with van der Waals surface area (Å²) in [5.41, 5.74) is -0.390. The Bertz CT molecular complexity index is 843. The summed E-state index contributed by atoms with van der Waals surface area (Å²) in [6, 6.07) is 1.10. The Morgan fingerprint density at radius 3 is 2.12 bits per heavy atom. The highest BCUT2D eigenvalue weighted by Gasteiger charge is 2.09. The molecule has 1 rings (SSSR count). The third kappa shape index (κ3) is 6.10. The van der Waals surface area contributed by atoms with Gasteiger partial charge in [-0.15, -0.1) is 0 Å². The number of hydrogen-bond donors (Lipinski definition) is 4. The molecule has 4 N–H and O–H groups in total. The minimum Gasteiger partial charge on any atom is -0.512 e. The fourth-order valence-electron chi connectivity index (χ4n) is 1.75. The second-order valence-corrected chi connectivity index (χ2v) is 4.66. The highest BCUT2D eigenvalue weighted by molar-refractivity contribution is 5.71. The summed E-state index contributed by atoms with van der Waals surface area (Å²) in [5, 5.41) is 37.4. The molecule has 0 fully saturated rings. The van der Waals surface area contributed by atoms with Gasteiger partial charge in [0.05, 0.1) is 5.76 Å². The van der Waals surface area contributed by atoms with Crippen molar-refractivity contribution >= 4 is 17.9 Å². The predicted molar refractivity (Wildman–Crippen MR) is 99.7 cm³/mol. The summed E-state index contributed by atoms with van der Waals surface area (Å²) in [6.07, 6.45) is 3.71. The molecule has 0 amide bonds. The molecule has 1 heterocycles. The fourth-order valence-corrected chi connectivity index (χ4v) is 1.75. The maximum Gasteiger partial charge on any atom is 0.197 e. The van der Waals surface area contributed by atoms with E-state index in [9.17, 15) is 15.0 Å². The van der Waals surface area contributed by atoms with Gasteiger partial charge in [-0.3, -0.25) is 4.79 Å². The SMILES string of the molecule is C=C(O)/C(O)=C\C(=C/C)c1cc(=O)/c(=C(O)/C=C(\C)O)c(=C)o1.CC. The van der Waals surface area contributed by atoms with Gasteiger partial charge in [-0.05, 0) is 19.9 Å². The standard InChI is InChI=1S/C17H18O6.C2H6/c1-5-12(7-13(20)10(3)19)16-8-15(22)17(11(4)23-16)14(21)6-9(2)18;1-2/h5-8,18-21H,3-4H2,1-2H3;1-2H3/b9-6+,12-5+,13-7+,17-14-;. The summed E-state index contributed by atoms with van der Waals surface area (Å²) >= 11 is 0. The Balaban J connectivity index is 0.00000277. The first-order valence-electron chi connectivity index (χ1n) is 7.56. The summed E-state index contributed by atoms with van der Waals surface area (Å²) in [7, 11) is 0. The Labute approximate surface area is 146 Å². The van der Waals surface area contributed by atoms with E-state index in [-0.39, 0.29) is 22.2 Å². The van der Waals surface area contributed by atoms with Gasteiger partial charge in [-0.2, -0.15) is 0 Å². The number of aliphatic hydroxyl groups is 4. The molecule has 1 aromatic heterocycles. The maximum atomic E-state index is 12.2. The van der Waals surface area contributed by atoms with Crippen molar-refractivity contribution in [3.05, 3.63) is 74.8 Å². The number of rotatable bonds is 4. The summed E-state index contributed by atoms with van der Waals surface area (Å²) in [4.78, 5) is 12.2. The van der Waals surface area contributed by atoms with E-state index in [4.69, 9.17) is 14.6 Å². The van der Waals surface area contributed by atoms with Crippen LogP contribution in [0.3, 0.4) is 0 Å². The van der Waals surface area contributed by atoms with Crippen molar-refractivity contribution in [2.75, 3.05) is 0 Å². The number of allylic oxidation sites excluding steroid dienone is 4. The fraction of sp³-hybridized carbons (Fsp3) is 0.211. The minimum absolute atomic E-state index is 0.0801. The van der Waals surface area contributed by atoms with E-state index in [1.54, 1.807) is 6.92 Å². The average Bonchev–Trinajstić information content (AvgIpc) is 2.52. The van der Waals surface area contributed by atoms with Gasteiger partial charge in [-0.1, -0.05) is 33.1 Å². The van der Waals surface area contributed by atoms with Gasteiger partial charge in [0.2, 0.25) is 0 Å². The third-order valence-corrected chi connectivity index (χ3v) is 2.81. The van der Waals surface area contributed by atoms with Crippen LogP contribution < -0.4 is 16.1 Å². The average molecular weight is 348 g/mol. The van der Waals surface area contributed by atoms with Crippen molar-refractivity contribution < 1.29 is 24.8 Å². The first kappa shape index (κ1) is 21.9. The molecule has 0 atom stereocenters. The lowest BCUT2D eigenvalue weighted by Crippen LogP contribution is -2.39. The van der Waals surface area contributed by atoms with Gasteiger partial charge < -0.3 is 24.8 Å². The monoisotopic (exact) mass is 348 g/mol. The quantitative estimate of drug-likeness (QED) is 0.491. The van der Waals surface area contributed by atoms with Gasteiger partial charge in [0.25, 0.3) is 0 Å². The molecular weight excluding hydrogens is 324 g/mol. The normalized spacial score (nSPS) is 13.7. The van der Waals surface area contributed by atoms with Gasteiger partial charge in [-0.25, -0.2) is 0 Å². The molecule has 0 aliphatic heterocycles. The van der Waals surface area contributed by atoms with E-state index in [0.29, 0.717) is 5.57 Å². The summed E-state index contributed by atoms with van der Waals surface area (Å²) in [6.45, 7) is 13.7. The van der Waals surface area contributed by atoms with Crippen molar-refractivity contribution in [2.45, 2.75) is 27.7 Å². The van der Waals surface area contributed by atoms with Crippen LogP contribution in [0.5, 0.6) is 0 Å². The lowest BCUT2D eigenvalue weighted by Gasteiger charge is -2.03. The molecule has 1 aromatic rings. The molecule has 0 spiro atoms. The van der Waals surface area contributed by atoms with Crippen LogP contribution in [0, 0.1) is 0 Å². The van der Waals surface area contributed by atoms with Crippen LogP contribution in [0.2, 0.25) is 0 Å². The smallest absolute Gasteiger partial charge is 0.197 e. The largest absolute Gasteiger partial charge is 0.512 e. The van der Waals surface area contributed by atoms with Gasteiger partial charge in [0, 0.05) is 17.7 Å². The van der Waals surface area contributed by atoms with Gasteiger partial charge in [0.1, 0.15) is 27.9 Å². The molecule has 0 radical (unpaired) electrons. The Morgan fingerprint density at radius 2 is 1.72 bits per heavy atom. The van der Waals surface area contributed by atoms with Crippen LogP contribution >= 0.6 is 0 Å². The lowest BCUT2D eigenvalue weighted by molar-refractivity contribution is 0.329. The maximum absolute atomic E-state index is 12.2. The third-order valence-electron chi connectivity index (χ3n) is 2.81. The molecule has 6 nitrogen and oxygen atoms in total. The van der Waals surface area contributed by atoms with E-state index in [0.717, 1.165) is 12.1 Å². The zero-order valence-electron chi connectivity index (χ0n) is 14.8. The molecule has 0 aromatic carbocycles. The second kappa shape index (κ2) is 9.87. The molecule has 136 valence electrons. The van der Waals surface area contributed by atoms with E-state index in [1.807, 2.05) is 13.8 Å². The molecule has 25 heavy (non-hydrogen) atoms. The number of aliphatic hydroxyl groups excluding tert-OH is 4. The predicted octanol–water partition coefficient (Wildman–Crippen LogP) is 3.12. The molecule has 6 heteroatoms. The lowest BCUT2D eigenvalue weighted by atomic mass is 10.1. The van der Waals surface area contributed by atoms with Crippen molar-refractivity contribution in [1.29, 1.82) is 0 Å². The van der Waals surface area contributed by atoms with Crippen LogP contribution in [0.1, 0.15) is 33.5 Å². The zero-order valence-corrected chi connectivity index (χ0v) is 14.8. The van der Waals surface area contributed by atoms with Crippen LogP contribution in [0.25, 0.3) is 17.9 Å². The minimum atomic E-state index is -0.582.